The van der Waals surface area contributed by atoms with Gasteiger partial charge in [0.05, 0.1) is 18.8 Å². The number of benzene rings is 2. The number of rotatable bonds is 7. The van der Waals surface area contributed by atoms with Crippen LogP contribution in [-0.4, -0.2) is 19.0 Å². The minimum absolute atomic E-state index is 0.242. The molecular formula is C20H26N2O3. The summed E-state index contributed by atoms with van der Waals surface area (Å²) in [5.74, 6) is 0.834. The third kappa shape index (κ3) is 5.66. The number of hydrogen-bond acceptors (Lipinski definition) is 5. The highest BCUT2D eigenvalue weighted by Crippen LogP contribution is 2.25. The van der Waals surface area contributed by atoms with Gasteiger partial charge in [0.25, 0.3) is 0 Å². The molecule has 0 radical (unpaired) electrons. The van der Waals surface area contributed by atoms with Crippen molar-refractivity contribution in [3.63, 3.8) is 0 Å². The molecule has 1 aliphatic rings. The number of hydrogen-bond donors (Lipinski definition) is 2. The topological polar surface area (TPSA) is 79.7 Å². The number of para-hydroxylation sites is 1. The summed E-state index contributed by atoms with van der Waals surface area (Å²) in [5.41, 5.74) is 14.0. The van der Waals surface area contributed by atoms with Gasteiger partial charge in [0, 0.05) is 11.4 Å². The summed E-state index contributed by atoms with van der Waals surface area (Å²) < 4.78 is 17.4. The van der Waals surface area contributed by atoms with E-state index in [9.17, 15) is 0 Å². The lowest BCUT2D eigenvalue weighted by molar-refractivity contribution is -0.0759. The molecule has 4 N–H and O–H groups in total. The molecule has 1 saturated carbocycles. The van der Waals surface area contributed by atoms with Crippen molar-refractivity contribution < 1.29 is 14.2 Å². The highest BCUT2D eigenvalue weighted by Gasteiger charge is 2.22. The van der Waals surface area contributed by atoms with Crippen molar-refractivity contribution in [2.24, 2.45) is 0 Å². The van der Waals surface area contributed by atoms with Crippen LogP contribution in [0, 0.1) is 0 Å². The summed E-state index contributed by atoms with van der Waals surface area (Å²) in [6.07, 6.45) is 4.47. The fraction of sp³-hybridized carbons (Fsp3) is 0.400. The Morgan fingerprint density at radius 1 is 0.800 bits per heavy atom. The average molecular weight is 342 g/mol. The van der Waals surface area contributed by atoms with Crippen LogP contribution in [0.25, 0.3) is 0 Å². The fourth-order valence-electron chi connectivity index (χ4n) is 3.12. The normalized spacial score (nSPS) is 20.3. The maximum atomic E-state index is 6.00. The minimum Gasteiger partial charge on any atom is -0.468 e. The second kappa shape index (κ2) is 8.74. The van der Waals surface area contributed by atoms with Crippen LogP contribution in [0.3, 0.4) is 0 Å². The smallest absolute Gasteiger partial charge is 0.189 e. The van der Waals surface area contributed by atoms with Crippen LogP contribution in [-0.2, 0) is 16.1 Å². The molecule has 0 bridgehead atoms. The van der Waals surface area contributed by atoms with E-state index in [0.717, 1.165) is 37.0 Å². The van der Waals surface area contributed by atoms with E-state index in [0.29, 0.717) is 24.8 Å². The van der Waals surface area contributed by atoms with E-state index in [2.05, 4.69) is 0 Å². The van der Waals surface area contributed by atoms with Crippen molar-refractivity contribution >= 4 is 11.4 Å². The zero-order valence-corrected chi connectivity index (χ0v) is 14.4. The van der Waals surface area contributed by atoms with Crippen molar-refractivity contribution in [2.75, 3.05) is 18.3 Å². The van der Waals surface area contributed by atoms with Crippen LogP contribution in [0.15, 0.2) is 48.5 Å². The quantitative estimate of drug-likeness (QED) is 0.592. The maximum absolute atomic E-state index is 6.00. The molecule has 25 heavy (non-hydrogen) atoms. The lowest BCUT2D eigenvalue weighted by atomic mass is 9.95. The molecule has 0 aliphatic heterocycles. The van der Waals surface area contributed by atoms with Crippen LogP contribution >= 0.6 is 0 Å². The summed E-state index contributed by atoms with van der Waals surface area (Å²) in [5, 5.41) is 0. The monoisotopic (exact) mass is 342 g/mol. The van der Waals surface area contributed by atoms with Gasteiger partial charge in [-0.05, 0) is 61.6 Å². The summed E-state index contributed by atoms with van der Waals surface area (Å²) >= 11 is 0. The predicted octanol–water partition coefficient (Wildman–Crippen LogP) is 3.73. The van der Waals surface area contributed by atoms with E-state index in [4.69, 9.17) is 25.7 Å². The van der Waals surface area contributed by atoms with Gasteiger partial charge in [-0.25, -0.2) is 0 Å². The largest absolute Gasteiger partial charge is 0.468 e. The van der Waals surface area contributed by atoms with E-state index in [1.807, 2.05) is 42.5 Å². The zero-order chi connectivity index (χ0) is 17.5. The van der Waals surface area contributed by atoms with Gasteiger partial charge in [0.1, 0.15) is 5.75 Å². The molecule has 1 fully saturated rings. The molecule has 0 unspecified atom stereocenters. The molecule has 2 aromatic rings. The van der Waals surface area contributed by atoms with Gasteiger partial charge in [-0.2, -0.15) is 0 Å². The Morgan fingerprint density at radius 3 is 2.04 bits per heavy atom. The van der Waals surface area contributed by atoms with Crippen LogP contribution < -0.4 is 16.2 Å². The third-order valence-electron chi connectivity index (χ3n) is 4.42. The van der Waals surface area contributed by atoms with E-state index < -0.39 is 0 Å². The first-order chi connectivity index (χ1) is 12.2. The molecule has 134 valence electrons. The molecule has 5 heteroatoms. The summed E-state index contributed by atoms with van der Waals surface area (Å²) in [4.78, 5) is 0. The number of nitrogens with two attached hydrogens (primary N) is 2. The lowest BCUT2D eigenvalue weighted by Gasteiger charge is -2.28. The molecule has 2 aromatic carbocycles. The van der Waals surface area contributed by atoms with Crippen LogP contribution in [0.1, 0.15) is 31.2 Å². The summed E-state index contributed by atoms with van der Waals surface area (Å²) in [6.45, 7) is 0.839. The molecule has 0 spiro atoms. The van der Waals surface area contributed by atoms with Crippen molar-refractivity contribution in [2.45, 2.75) is 44.5 Å². The maximum Gasteiger partial charge on any atom is 0.189 e. The van der Waals surface area contributed by atoms with Crippen LogP contribution in [0.4, 0.5) is 11.4 Å². The lowest BCUT2D eigenvalue weighted by Crippen LogP contribution is -2.27. The van der Waals surface area contributed by atoms with Gasteiger partial charge in [-0.15, -0.1) is 0 Å². The van der Waals surface area contributed by atoms with Crippen LogP contribution in [0.5, 0.6) is 5.75 Å². The van der Waals surface area contributed by atoms with Gasteiger partial charge in [-0.1, -0.05) is 18.2 Å². The molecule has 0 saturated heterocycles. The van der Waals surface area contributed by atoms with E-state index in [-0.39, 0.29) is 12.2 Å². The SMILES string of the molecule is Nc1cc(N)cc(COC2CCC(OCOc3ccccc3)CC2)c1. The number of nitrogen functional groups attached to an aromatic ring is 2. The first kappa shape index (κ1) is 17.6. The number of anilines is 2. The first-order valence-electron chi connectivity index (χ1n) is 8.75. The Labute approximate surface area is 148 Å². The zero-order valence-electron chi connectivity index (χ0n) is 14.4. The van der Waals surface area contributed by atoms with E-state index >= 15 is 0 Å². The van der Waals surface area contributed by atoms with Gasteiger partial charge in [0.2, 0.25) is 0 Å². The van der Waals surface area contributed by atoms with E-state index in [1.165, 1.54) is 0 Å². The van der Waals surface area contributed by atoms with Gasteiger partial charge in [0.15, 0.2) is 6.79 Å². The Morgan fingerprint density at radius 2 is 1.40 bits per heavy atom. The highest BCUT2D eigenvalue weighted by atomic mass is 16.7. The third-order valence-corrected chi connectivity index (χ3v) is 4.42. The van der Waals surface area contributed by atoms with Crippen molar-refractivity contribution in [1.82, 2.24) is 0 Å². The molecule has 0 heterocycles. The molecule has 0 amide bonds. The Balaban J connectivity index is 1.34. The molecule has 1 aliphatic carbocycles. The summed E-state index contributed by atoms with van der Waals surface area (Å²) in [7, 11) is 0. The highest BCUT2D eigenvalue weighted by molar-refractivity contribution is 5.54. The summed E-state index contributed by atoms with van der Waals surface area (Å²) in [6, 6.07) is 15.3. The molecular weight excluding hydrogens is 316 g/mol. The van der Waals surface area contributed by atoms with Gasteiger partial charge < -0.3 is 25.7 Å². The average Bonchev–Trinajstić information content (AvgIpc) is 2.61. The first-order valence-corrected chi connectivity index (χ1v) is 8.75. The minimum atomic E-state index is 0.242. The fourth-order valence-corrected chi connectivity index (χ4v) is 3.12. The van der Waals surface area contributed by atoms with E-state index in [1.54, 1.807) is 6.07 Å². The van der Waals surface area contributed by atoms with Crippen LogP contribution in [0.2, 0.25) is 0 Å². The Bertz CT molecular complexity index is 635. The predicted molar refractivity (Wildman–Crippen MR) is 99.1 cm³/mol. The van der Waals surface area contributed by atoms with Gasteiger partial charge in [-0.3, -0.25) is 0 Å². The molecule has 3 rings (SSSR count). The van der Waals surface area contributed by atoms with Gasteiger partial charge >= 0.3 is 0 Å². The Hall–Kier alpha value is -2.24. The number of ether oxygens (including phenoxy) is 3. The Kier molecular flexibility index (Phi) is 6.14. The molecule has 0 atom stereocenters. The second-order valence-corrected chi connectivity index (χ2v) is 6.46. The van der Waals surface area contributed by atoms with Crippen molar-refractivity contribution in [3.8, 4) is 5.75 Å². The standard InChI is InChI=1S/C20H26N2O3/c21-16-10-15(11-17(22)12-16)13-23-19-6-8-20(9-7-19)25-14-24-18-4-2-1-3-5-18/h1-5,10-12,19-20H,6-9,13-14,21-22H2. The second-order valence-electron chi connectivity index (χ2n) is 6.46. The molecule has 0 aromatic heterocycles. The van der Waals surface area contributed by atoms with Crippen molar-refractivity contribution in [1.29, 1.82) is 0 Å². The van der Waals surface area contributed by atoms with Crippen molar-refractivity contribution in [3.05, 3.63) is 54.1 Å². The molecule has 5 nitrogen and oxygen atoms in total.